The van der Waals surface area contributed by atoms with Crippen LogP contribution in [0.25, 0.3) is 10.2 Å². The van der Waals surface area contributed by atoms with Gasteiger partial charge in [0.15, 0.2) is 0 Å². The highest BCUT2D eigenvalue weighted by atomic mass is 32.1. The van der Waals surface area contributed by atoms with E-state index in [1.165, 1.54) is 21.6 Å². The number of nitrogens with one attached hydrogen (secondary N) is 1. The summed E-state index contributed by atoms with van der Waals surface area (Å²) in [4.78, 5) is 13.9. The maximum atomic E-state index is 5.52. The topological polar surface area (TPSA) is 50.3 Å². The first-order chi connectivity index (χ1) is 13.1. The van der Waals surface area contributed by atoms with E-state index < -0.39 is 0 Å². The van der Waals surface area contributed by atoms with Gasteiger partial charge in [0.2, 0.25) is 0 Å². The third-order valence-electron chi connectivity index (χ3n) is 5.30. The number of aryl methyl sites for hydroxylation is 3. The highest BCUT2D eigenvalue weighted by Gasteiger charge is 2.21. The Morgan fingerprint density at radius 2 is 1.85 bits per heavy atom. The number of benzene rings is 1. The molecule has 0 bridgehead atoms. The summed E-state index contributed by atoms with van der Waals surface area (Å²) < 4.78 is 5.52. The molecule has 1 atom stereocenters. The summed E-state index contributed by atoms with van der Waals surface area (Å²) in [5.74, 6) is 0.931. The first kappa shape index (κ1) is 18.3. The summed E-state index contributed by atoms with van der Waals surface area (Å²) in [7, 11) is 0. The van der Waals surface area contributed by atoms with Gasteiger partial charge in [-0.25, -0.2) is 9.97 Å². The maximum absolute atomic E-state index is 5.52. The number of aromatic nitrogens is 2. The lowest BCUT2D eigenvalue weighted by atomic mass is 10.0. The average Bonchev–Trinajstić information content (AvgIpc) is 2.98. The second-order valence-corrected chi connectivity index (χ2v) is 8.41. The van der Waals surface area contributed by atoms with Crippen molar-refractivity contribution in [3.8, 4) is 0 Å². The number of nitrogens with zero attached hydrogens (tertiary/aromatic N) is 3. The molecule has 0 aliphatic carbocycles. The van der Waals surface area contributed by atoms with Crippen LogP contribution in [-0.2, 0) is 4.74 Å². The van der Waals surface area contributed by atoms with Crippen molar-refractivity contribution < 1.29 is 4.74 Å². The van der Waals surface area contributed by atoms with E-state index in [0.717, 1.165) is 48.9 Å². The number of ether oxygens (including phenoxy) is 1. The molecule has 1 fully saturated rings. The van der Waals surface area contributed by atoms with Crippen molar-refractivity contribution in [2.24, 2.45) is 0 Å². The van der Waals surface area contributed by atoms with Crippen molar-refractivity contribution in [3.63, 3.8) is 0 Å². The molecule has 2 aromatic heterocycles. The Labute approximate surface area is 164 Å². The fourth-order valence-corrected chi connectivity index (χ4v) is 4.53. The first-order valence-corrected chi connectivity index (χ1v) is 10.3. The van der Waals surface area contributed by atoms with Crippen LogP contribution in [0.15, 0.2) is 30.6 Å². The molecule has 142 valence electrons. The van der Waals surface area contributed by atoms with Crippen LogP contribution < -0.4 is 5.32 Å². The number of anilines is 1. The van der Waals surface area contributed by atoms with E-state index in [4.69, 9.17) is 4.74 Å². The van der Waals surface area contributed by atoms with Gasteiger partial charge < -0.3 is 10.1 Å². The van der Waals surface area contributed by atoms with Gasteiger partial charge in [0.05, 0.1) is 24.6 Å². The zero-order chi connectivity index (χ0) is 18.8. The predicted molar refractivity (Wildman–Crippen MR) is 112 cm³/mol. The molecular formula is C21H26N4OS. The lowest BCUT2D eigenvalue weighted by Crippen LogP contribution is -2.40. The average molecular weight is 383 g/mol. The molecule has 0 saturated carbocycles. The van der Waals surface area contributed by atoms with Gasteiger partial charge in [-0.1, -0.05) is 29.8 Å². The Balaban J connectivity index is 1.67. The minimum atomic E-state index is 0.168. The van der Waals surface area contributed by atoms with E-state index in [2.05, 4.69) is 65.2 Å². The fourth-order valence-electron chi connectivity index (χ4n) is 3.53. The van der Waals surface area contributed by atoms with E-state index in [1.807, 2.05) is 0 Å². The van der Waals surface area contributed by atoms with E-state index in [1.54, 1.807) is 17.7 Å². The Bertz CT molecular complexity index is 916. The summed E-state index contributed by atoms with van der Waals surface area (Å²) in [6.45, 7) is 10.9. The second kappa shape index (κ2) is 7.92. The molecular weight excluding hydrogens is 356 g/mol. The van der Waals surface area contributed by atoms with Crippen LogP contribution in [0.2, 0.25) is 0 Å². The molecule has 1 aliphatic rings. The van der Waals surface area contributed by atoms with Crippen molar-refractivity contribution in [3.05, 3.63) is 52.2 Å². The number of fused-ring (bicyclic) bond motifs is 1. The van der Waals surface area contributed by atoms with Gasteiger partial charge in [0.25, 0.3) is 0 Å². The van der Waals surface area contributed by atoms with Crippen LogP contribution in [0.3, 0.4) is 0 Å². The Morgan fingerprint density at radius 1 is 1.11 bits per heavy atom. The monoisotopic (exact) mass is 382 g/mol. The highest BCUT2D eigenvalue weighted by molar-refractivity contribution is 7.18. The summed E-state index contributed by atoms with van der Waals surface area (Å²) in [6, 6.07) is 8.97. The molecule has 0 amide bonds. The summed E-state index contributed by atoms with van der Waals surface area (Å²) in [5, 5.41) is 4.88. The minimum Gasteiger partial charge on any atom is -0.379 e. The van der Waals surface area contributed by atoms with Crippen LogP contribution in [-0.4, -0.2) is 47.7 Å². The van der Waals surface area contributed by atoms with Gasteiger partial charge >= 0.3 is 0 Å². The van der Waals surface area contributed by atoms with Gasteiger partial charge in [-0.05, 0) is 31.9 Å². The third kappa shape index (κ3) is 3.98. The Kier molecular flexibility index (Phi) is 5.38. The molecule has 3 heterocycles. The van der Waals surface area contributed by atoms with Crippen molar-refractivity contribution >= 4 is 27.4 Å². The Hall–Kier alpha value is -2.02. The SMILES string of the molecule is Cc1ccc([C@H](CN2CCOCC2)Nc2ncnc3sc(C)c(C)c23)cc1. The molecule has 1 saturated heterocycles. The van der Waals surface area contributed by atoms with Crippen molar-refractivity contribution in [2.45, 2.75) is 26.8 Å². The van der Waals surface area contributed by atoms with E-state index in [-0.39, 0.29) is 6.04 Å². The lowest BCUT2D eigenvalue weighted by molar-refractivity contribution is 0.0361. The fraction of sp³-hybridized carbons (Fsp3) is 0.429. The largest absolute Gasteiger partial charge is 0.379 e. The van der Waals surface area contributed by atoms with Crippen molar-refractivity contribution in [1.29, 1.82) is 0 Å². The van der Waals surface area contributed by atoms with Crippen molar-refractivity contribution in [2.75, 3.05) is 38.2 Å². The molecule has 5 nitrogen and oxygen atoms in total. The molecule has 3 aromatic rings. The molecule has 0 unspecified atom stereocenters. The highest BCUT2D eigenvalue weighted by Crippen LogP contribution is 2.34. The summed E-state index contributed by atoms with van der Waals surface area (Å²) >= 11 is 1.74. The molecule has 1 N–H and O–H groups in total. The van der Waals surface area contributed by atoms with E-state index in [0.29, 0.717) is 0 Å². The van der Waals surface area contributed by atoms with Crippen LogP contribution in [0, 0.1) is 20.8 Å². The normalized spacial score (nSPS) is 16.6. The molecule has 27 heavy (non-hydrogen) atoms. The third-order valence-corrected chi connectivity index (χ3v) is 6.42. The molecule has 0 radical (unpaired) electrons. The van der Waals surface area contributed by atoms with E-state index in [9.17, 15) is 0 Å². The summed E-state index contributed by atoms with van der Waals surface area (Å²) in [6.07, 6.45) is 1.67. The number of rotatable bonds is 5. The standard InChI is InChI=1S/C21H26N4OS/c1-14-4-6-17(7-5-14)18(12-25-8-10-26-11-9-25)24-20-19-15(2)16(3)27-21(19)23-13-22-20/h4-7,13,18H,8-12H2,1-3H3,(H,22,23,24)/t18-/m0/s1. The van der Waals surface area contributed by atoms with Gasteiger partial charge in [0.1, 0.15) is 17.0 Å². The molecule has 4 rings (SSSR count). The number of thiophene rings is 1. The quantitative estimate of drug-likeness (QED) is 0.720. The Morgan fingerprint density at radius 3 is 2.59 bits per heavy atom. The second-order valence-electron chi connectivity index (χ2n) is 7.21. The van der Waals surface area contributed by atoms with E-state index >= 15 is 0 Å². The van der Waals surface area contributed by atoms with Gasteiger partial charge in [-0.15, -0.1) is 11.3 Å². The zero-order valence-corrected chi connectivity index (χ0v) is 17.0. The lowest BCUT2D eigenvalue weighted by Gasteiger charge is -2.31. The predicted octanol–water partition coefficient (Wildman–Crippen LogP) is 4.10. The van der Waals surface area contributed by atoms with Crippen LogP contribution in [0.1, 0.15) is 27.6 Å². The van der Waals surface area contributed by atoms with Gasteiger partial charge in [-0.3, -0.25) is 4.90 Å². The van der Waals surface area contributed by atoms with Gasteiger partial charge in [-0.2, -0.15) is 0 Å². The maximum Gasteiger partial charge on any atom is 0.138 e. The zero-order valence-electron chi connectivity index (χ0n) is 16.2. The molecule has 6 heteroatoms. The smallest absolute Gasteiger partial charge is 0.138 e. The number of morpholine rings is 1. The number of hydrogen-bond donors (Lipinski definition) is 1. The van der Waals surface area contributed by atoms with Crippen LogP contribution in [0.4, 0.5) is 5.82 Å². The van der Waals surface area contributed by atoms with Crippen molar-refractivity contribution in [1.82, 2.24) is 14.9 Å². The minimum absolute atomic E-state index is 0.168. The molecule has 1 aromatic carbocycles. The number of hydrogen-bond acceptors (Lipinski definition) is 6. The van der Waals surface area contributed by atoms with Crippen LogP contribution in [0.5, 0.6) is 0 Å². The van der Waals surface area contributed by atoms with Crippen LogP contribution >= 0.6 is 11.3 Å². The molecule has 0 spiro atoms. The summed E-state index contributed by atoms with van der Waals surface area (Å²) in [5.41, 5.74) is 3.83. The molecule has 1 aliphatic heterocycles. The van der Waals surface area contributed by atoms with Gasteiger partial charge in [0, 0.05) is 24.5 Å². The first-order valence-electron chi connectivity index (χ1n) is 9.45.